The van der Waals surface area contributed by atoms with Gasteiger partial charge in [0.2, 0.25) is 6.29 Å². The standard InChI is InChI=1S/C8H7O3/c9-6-8(11-10)7-4-2-1-3-5-7/h1-5,8,10H. The fourth-order valence-corrected chi connectivity index (χ4v) is 0.778. The summed E-state index contributed by atoms with van der Waals surface area (Å²) in [4.78, 5) is 14.0. The van der Waals surface area contributed by atoms with Crippen molar-refractivity contribution in [2.24, 2.45) is 0 Å². The van der Waals surface area contributed by atoms with Crippen molar-refractivity contribution in [2.75, 3.05) is 0 Å². The van der Waals surface area contributed by atoms with Crippen LogP contribution in [-0.4, -0.2) is 11.5 Å². The molecular formula is C8H7O3. The fourth-order valence-electron chi connectivity index (χ4n) is 0.778. The van der Waals surface area contributed by atoms with Crippen LogP contribution >= 0.6 is 0 Å². The van der Waals surface area contributed by atoms with Crippen LogP contribution in [0.5, 0.6) is 0 Å². The number of benzene rings is 1. The second-order valence-corrected chi connectivity index (χ2v) is 2.01. The Morgan fingerprint density at radius 2 is 2.00 bits per heavy atom. The van der Waals surface area contributed by atoms with Crippen molar-refractivity contribution >= 4 is 6.29 Å². The van der Waals surface area contributed by atoms with Crippen LogP contribution in [0.25, 0.3) is 0 Å². The molecule has 3 nitrogen and oxygen atoms in total. The summed E-state index contributed by atoms with van der Waals surface area (Å²) in [6.45, 7) is 0. The van der Waals surface area contributed by atoms with Crippen molar-refractivity contribution in [3.8, 4) is 0 Å². The molecule has 0 aromatic heterocycles. The quantitative estimate of drug-likeness (QED) is 0.523. The number of rotatable bonds is 3. The van der Waals surface area contributed by atoms with Crippen LogP contribution in [0.3, 0.4) is 0 Å². The van der Waals surface area contributed by atoms with Gasteiger partial charge < -0.3 is 0 Å². The highest BCUT2D eigenvalue weighted by atomic mass is 17.1. The number of hydrogen-bond donors (Lipinski definition) is 1. The molecule has 0 aliphatic rings. The van der Waals surface area contributed by atoms with Gasteiger partial charge in [0.25, 0.3) is 0 Å². The van der Waals surface area contributed by atoms with Crippen LogP contribution in [0.2, 0.25) is 0 Å². The lowest BCUT2D eigenvalue weighted by atomic mass is 10.1. The molecule has 0 spiro atoms. The number of carbonyl (C=O) groups excluding carboxylic acids is 1. The summed E-state index contributed by atoms with van der Waals surface area (Å²) < 4.78 is 0. The largest absolute Gasteiger partial charge is 0.287 e. The molecule has 0 aliphatic carbocycles. The molecule has 0 amide bonds. The second kappa shape index (κ2) is 3.85. The summed E-state index contributed by atoms with van der Waals surface area (Å²) in [5, 5.41) is 8.22. The molecule has 0 fully saturated rings. The Morgan fingerprint density at radius 1 is 1.36 bits per heavy atom. The Kier molecular flexibility index (Phi) is 2.77. The molecule has 57 valence electrons. The van der Waals surface area contributed by atoms with E-state index >= 15 is 0 Å². The molecule has 1 atom stereocenters. The Hall–Kier alpha value is -1.19. The van der Waals surface area contributed by atoms with Crippen LogP contribution in [-0.2, 0) is 9.68 Å². The lowest BCUT2D eigenvalue weighted by Gasteiger charge is -2.03. The zero-order chi connectivity index (χ0) is 8.10. The summed E-state index contributed by atoms with van der Waals surface area (Å²) in [5.74, 6) is 0. The molecule has 3 heteroatoms. The predicted molar refractivity (Wildman–Crippen MR) is 38.6 cm³/mol. The molecule has 0 heterocycles. The maximum Gasteiger partial charge on any atom is 0.238 e. The van der Waals surface area contributed by atoms with E-state index in [2.05, 4.69) is 4.89 Å². The SMILES string of the molecule is O=[C]C(OO)c1ccccc1. The van der Waals surface area contributed by atoms with Gasteiger partial charge in [-0.15, -0.1) is 0 Å². The van der Waals surface area contributed by atoms with Crippen LogP contribution < -0.4 is 0 Å². The van der Waals surface area contributed by atoms with Crippen molar-refractivity contribution < 1.29 is 14.9 Å². The molecule has 0 aliphatic heterocycles. The first-order chi connectivity index (χ1) is 5.38. The van der Waals surface area contributed by atoms with E-state index in [0.29, 0.717) is 5.56 Å². The van der Waals surface area contributed by atoms with E-state index in [-0.39, 0.29) is 0 Å². The highest BCUT2D eigenvalue weighted by molar-refractivity contribution is 5.60. The van der Waals surface area contributed by atoms with Crippen molar-refractivity contribution in [3.63, 3.8) is 0 Å². The molecule has 11 heavy (non-hydrogen) atoms. The van der Waals surface area contributed by atoms with E-state index in [9.17, 15) is 4.79 Å². The van der Waals surface area contributed by atoms with Crippen molar-refractivity contribution in [2.45, 2.75) is 6.10 Å². The van der Waals surface area contributed by atoms with Gasteiger partial charge in [-0.25, -0.2) is 4.89 Å². The Labute approximate surface area is 64.2 Å². The second-order valence-electron chi connectivity index (χ2n) is 2.01. The molecule has 1 rings (SSSR count). The predicted octanol–water partition coefficient (Wildman–Crippen LogP) is 1.33. The molecule has 1 aromatic carbocycles. The highest BCUT2D eigenvalue weighted by Crippen LogP contribution is 2.12. The normalized spacial score (nSPS) is 12.5. The summed E-state index contributed by atoms with van der Waals surface area (Å²) in [6, 6.07) is 8.65. The smallest absolute Gasteiger partial charge is 0.238 e. The minimum atomic E-state index is -0.990. The summed E-state index contributed by atoms with van der Waals surface area (Å²) in [7, 11) is 0. The highest BCUT2D eigenvalue weighted by Gasteiger charge is 2.09. The third kappa shape index (κ3) is 1.86. The third-order valence-corrected chi connectivity index (χ3v) is 1.31. The van der Waals surface area contributed by atoms with Crippen molar-refractivity contribution in [1.29, 1.82) is 0 Å². The molecule has 0 bridgehead atoms. The van der Waals surface area contributed by atoms with Gasteiger partial charge >= 0.3 is 0 Å². The van der Waals surface area contributed by atoms with Gasteiger partial charge in [-0.05, 0) is 5.56 Å². The van der Waals surface area contributed by atoms with Crippen LogP contribution in [0.4, 0.5) is 0 Å². The minimum Gasteiger partial charge on any atom is -0.287 e. The Morgan fingerprint density at radius 3 is 2.45 bits per heavy atom. The molecular weight excluding hydrogens is 144 g/mol. The first-order valence-corrected chi connectivity index (χ1v) is 3.11. The fraction of sp³-hybridized carbons (Fsp3) is 0.125. The Bertz CT molecular complexity index is 220. The van der Waals surface area contributed by atoms with Crippen LogP contribution in [0.1, 0.15) is 11.7 Å². The summed E-state index contributed by atoms with van der Waals surface area (Å²) >= 11 is 0. The molecule has 0 saturated heterocycles. The van der Waals surface area contributed by atoms with E-state index < -0.39 is 6.10 Å². The van der Waals surface area contributed by atoms with Crippen LogP contribution in [0, 0.1) is 0 Å². The zero-order valence-corrected chi connectivity index (χ0v) is 5.73. The van der Waals surface area contributed by atoms with E-state index in [1.807, 2.05) is 6.07 Å². The van der Waals surface area contributed by atoms with E-state index in [0.717, 1.165) is 0 Å². The van der Waals surface area contributed by atoms with E-state index in [1.165, 1.54) is 0 Å². The van der Waals surface area contributed by atoms with Gasteiger partial charge in [0.15, 0.2) is 6.10 Å². The van der Waals surface area contributed by atoms with Gasteiger partial charge in [0, 0.05) is 0 Å². The molecule has 0 saturated carbocycles. The van der Waals surface area contributed by atoms with E-state index in [1.54, 1.807) is 30.6 Å². The minimum absolute atomic E-state index is 0.588. The van der Waals surface area contributed by atoms with Gasteiger partial charge in [-0.1, -0.05) is 30.3 Å². The lowest BCUT2D eigenvalue weighted by molar-refractivity contribution is -0.262. The van der Waals surface area contributed by atoms with Crippen LogP contribution in [0.15, 0.2) is 30.3 Å². The third-order valence-electron chi connectivity index (χ3n) is 1.31. The summed E-state index contributed by atoms with van der Waals surface area (Å²) in [6.07, 6.45) is 0.556. The zero-order valence-electron chi connectivity index (χ0n) is 5.73. The monoisotopic (exact) mass is 151 g/mol. The van der Waals surface area contributed by atoms with E-state index in [4.69, 9.17) is 5.26 Å². The topological polar surface area (TPSA) is 46.5 Å². The average molecular weight is 151 g/mol. The Balaban J connectivity index is 2.82. The summed E-state index contributed by atoms with van der Waals surface area (Å²) in [5.41, 5.74) is 0.588. The maximum atomic E-state index is 10.1. The molecule has 1 N–H and O–H groups in total. The molecule has 1 radical (unpaired) electrons. The number of hydrogen-bond acceptors (Lipinski definition) is 3. The lowest BCUT2D eigenvalue weighted by Crippen LogP contribution is -2.01. The first-order valence-electron chi connectivity index (χ1n) is 3.11. The van der Waals surface area contributed by atoms with Crippen molar-refractivity contribution in [3.05, 3.63) is 35.9 Å². The first kappa shape index (κ1) is 7.91. The van der Waals surface area contributed by atoms with Gasteiger partial charge in [-0.2, -0.15) is 0 Å². The van der Waals surface area contributed by atoms with Gasteiger partial charge in [-0.3, -0.25) is 10.1 Å². The van der Waals surface area contributed by atoms with Gasteiger partial charge in [0.1, 0.15) is 0 Å². The van der Waals surface area contributed by atoms with Crippen molar-refractivity contribution in [1.82, 2.24) is 0 Å². The average Bonchev–Trinajstić information content (AvgIpc) is 2.09. The molecule has 1 unspecified atom stereocenters. The van der Waals surface area contributed by atoms with Gasteiger partial charge in [0.05, 0.1) is 0 Å². The maximum absolute atomic E-state index is 10.1. The molecule has 1 aromatic rings.